The molecule has 0 amide bonds. The predicted octanol–water partition coefficient (Wildman–Crippen LogP) is 4.24. The van der Waals surface area contributed by atoms with Crippen molar-refractivity contribution in [3.05, 3.63) is 44.7 Å². The Labute approximate surface area is 125 Å². The number of hydrogen-bond donors (Lipinski definition) is 1. The highest BCUT2D eigenvalue weighted by Crippen LogP contribution is 2.31. The van der Waals surface area contributed by atoms with Crippen molar-refractivity contribution in [3.8, 4) is 0 Å². The van der Waals surface area contributed by atoms with E-state index in [9.17, 15) is 8.42 Å². The minimum absolute atomic E-state index is 0.298. The molecule has 2 aromatic rings. The van der Waals surface area contributed by atoms with Crippen LogP contribution in [-0.4, -0.2) is 8.42 Å². The molecule has 0 aliphatic rings. The summed E-state index contributed by atoms with van der Waals surface area (Å²) in [4.78, 5) is 0. The lowest BCUT2D eigenvalue weighted by molar-refractivity contribution is 0.602. The van der Waals surface area contributed by atoms with E-state index in [1.807, 2.05) is 32.9 Å². The van der Waals surface area contributed by atoms with Gasteiger partial charge < -0.3 is 0 Å². The first-order chi connectivity index (χ1) is 8.81. The van der Waals surface area contributed by atoms with E-state index in [2.05, 4.69) is 20.7 Å². The maximum absolute atomic E-state index is 12.3. The number of hydrogen-bond acceptors (Lipinski definition) is 3. The van der Waals surface area contributed by atoms with Crippen LogP contribution < -0.4 is 4.72 Å². The highest BCUT2D eigenvalue weighted by molar-refractivity contribution is 9.10. The van der Waals surface area contributed by atoms with Crippen molar-refractivity contribution in [1.29, 1.82) is 0 Å². The number of rotatable bonds is 3. The molecule has 1 N–H and O–H groups in total. The Morgan fingerprint density at radius 1 is 1.16 bits per heavy atom. The van der Waals surface area contributed by atoms with Crippen LogP contribution in [0.3, 0.4) is 0 Å². The van der Waals surface area contributed by atoms with Crippen molar-refractivity contribution in [1.82, 2.24) is 0 Å². The second-order valence-corrected chi connectivity index (χ2v) is 8.08. The second kappa shape index (κ2) is 5.26. The average Bonchev–Trinajstić information content (AvgIpc) is 2.70. The molecule has 3 nitrogen and oxygen atoms in total. The molecule has 0 radical (unpaired) electrons. The molecule has 0 fully saturated rings. The second-order valence-electron chi connectivity index (χ2n) is 4.44. The summed E-state index contributed by atoms with van der Waals surface area (Å²) < 4.78 is 28.3. The Morgan fingerprint density at radius 2 is 1.74 bits per heavy atom. The highest BCUT2D eigenvalue weighted by Gasteiger charge is 2.20. The van der Waals surface area contributed by atoms with Crippen LogP contribution in [0.1, 0.15) is 16.7 Å². The van der Waals surface area contributed by atoms with Gasteiger partial charge in [0.05, 0.1) is 5.69 Å². The van der Waals surface area contributed by atoms with Crippen molar-refractivity contribution < 1.29 is 8.42 Å². The molecule has 1 aromatic carbocycles. The fourth-order valence-electron chi connectivity index (χ4n) is 1.99. The minimum Gasteiger partial charge on any atom is -0.278 e. The van der Waals surface area contributed by atoms with Gasteiger partial charge in [0.2, 0.25) is 0 Å². The van der Waals surface area contributed by atoms with Gasteiger partial charge in [-0.2, -0.15) is 0 Å². The van der Waals surface area contributed by atoms with Gasteiger partial charge in [-0.25, -0.2) is 8.42 Å². The third kappa shape index (κ3) is 3.01. The van der Waals surface area contributed by atoms with Crippen molar-refractivity contribution in [2.75, 3.05) is 4.72 Å². The lowest BCUT2D eigenvalue weighted by Crippen LogP contribution is -2.14. The van der Waals surface area contributed by atoms with Gasteiger partial charge in [0.15, 0.2) is 4.21 Å². The van der Waals surface area contributed by atoms with E-state index >= 15 is 0 Å². The molecule has 1 heterocycles. The summed E-state index contributed by atoms with van der Waals surface area (Å²) in [5.74, 6) is 0. The number of aryl methyl sites for hydroxylation is 3. The number of anilines is 1. The first-order valence-corrected chi connectivity index (χ1v) is 8.80. The summed E-state index contributed by atoms with van der Waals surface area (Å²) >= 11 is 4.45. The van der Waals surface area contributed by atoms with Crippen LogP contribution >= 0.6 is 27.3 Å². The van der Waals surface area contributed by atoms with Crippen molar-refractivity contribution in [3.63, 3.8) is 0 Å². The van der Waals surface area contributed by atoms with E-state index in [0.29, 0.717) is 14.4 Å². The van der Waals surface area contributed by atoms with Gasteiger partial charge in [0.25, 0.3) is 10.0 Å². The van der Waals surface area contributed by atoms with Gasteiger partial charge >= 0.3 is 0 Å². The molecule has 6 heteroatoms. The van der Waals surface area contributed by atoms with E-state index in [1.54, 1.807) is 11.4 Å². The Morgan fingerprint density at radius 3 is 2.21 bits per heavy atom. The highest BCUT2D eigenvalue weighted by atomic mass is 79.9. The first kappa shape index (κ1) is 14.6. The Balaban J connectivity index is 2.45. The number of nitrogens with one attached hydrogen (secondary N) is 1. The van der Waals surface area contributed by atoms with Crippen molar-refractivity contribution in [2.45, 2.75) is 25.0 Å². The van der Waals surface area contributed by atoms with Crippen LogP contribution in [-0.2, 0) is 10.0 Å². The summed E-state index contributed by atoms with van der Waals surface area (Å²) in [5, 5.41) is 1.74. The SMILES string of the molecule is Cc1cc(C)c(NS(=O)(=O)c2sccc2Br)c(C)c1. The molecule has 0 saturated carbocycles. The molecule has 0 aliphatic heterocycles. The maximum atomic E-state index is 12.3. The Bertz CT molecular complexity index is 697. The lowest BCUT2D eigenvalue weighted by atomic mass is 10.1. The molecule has 2 rings (SSSR count). The molecule has 1 aromatic heterocycles. The van der Waals surface area contributed by atoms with E-state index in [1.165, 1.54) is 11.3 Å². The van der Waals surface area contributed by atoms with Crippen LogP contribution in [0.5, 0.6) is 0 Å². The van der Waals surface area contributed by atoms with Gasteiger partial charge in [-0.1, -0.05) is 17.7 Å². The monoisotopic (exact) mass is 359 g/mol. The standard InChI is InChI=1S/C13H14BrNO2S2/c1-8-6-9(2)12(10(3)7-8)15-19(16,17)13-11(14)4-5-18-13/h4-7,15H,1-3H3. The zero-order valence-electron chi connectivity index (χ0n) is 10.8. The van der Waals surface area contributed by atoms with E-state index < -0.39 is 10.0 Å². The van der Waals surface area contributed by atoms with Gasteiger partial charge in [0.1, 0.15) is 0 Å². The smallest absolute Gasteiger partial charge is 0.272 e. The molecule has 0 saturated heterocycles. The van der Waals surface area contributed by atoms with Crippen LogP contribution in [0.2, 0.25) is 0 Å². The molecular formula is C13H14BrNO2S2. The first-order valence-electron chi connectivity index (χ1n) is 5.65. The fraction of sp³-hybridized carbons (Fsp3) is 0.231. The molecule has 0 aliphatic carbocycles. The summed E-state index contributed by atoms with van der Waals surface area (Å²) in [5.41, 5.74) is 3.63. The number of thiophene rings is 1. The van der Waals surface area contributed by atoms with Crippen molar-refractivity contribution in [2.24, 2.45) is 0 Å². The number of halogens is 1. The van der Waals surface area contributed by atoms with Crippen LogP contribution in [0.15, 0.2) is 32.3 Å². The van der Waals surface area contributed by atoms with Crippen LogP contribution in [0.25, 0.3) is 0 Å². The number of sulfonamides is 1. The van der Waals surface area contributed by atoms with Crippen LogP contribution in [0, 0.1) is 20.8 Å². The minimum atomic E-state index is -3.54. The molecule has 0 bridgehead atoms. The summed E-state index contributed by atoms with van der Waals surface area (Å²) in [6, 6.07) is 5.66. The quantitative estimate of drug-likeness (QED) is 0.890. The molecule has 0 unspecified atom stereocenters. The molecule has 0 atom stereocenters. The number of benzene rings is 1. The molecule has 19 heavy (non-hydrogen) atoms. The van der Waals surface area contributed by atoms with E-state index in [0.717, 1.165) is 16.7 Å². The predicted molar refractivity (Wildman–Crippen MR) is 83.5 cm³/mol. The third-order valence-corrected chi connectivity index (χ3v) is 6.76. The zero-order chi connectivity index (χ0) is 14.2. The summed E-state index contributed by atoms with van der Waals surface area (Å²) in [6.07, 6.45) is 0. The third-order valence-electron chi connectivity index (χ3n) is 2.74. The lowest BCUT2D eigenvalue weighted by Gasteiger charge is -2.13. The van der Waals surface area contributed by atoms with Gasteiger partial charge in [-0.05, 0) is 59.3 Å². The van der Waals surface area contributed by atoms with Crippen molar-refractivity contribution >= 4 is 43.0 Å². The summed E-state index contributed by atoms with van der Waals surface area (Å²) in [7, 11) is -3.54. The van der Waals surface area contributed by atoms with Gasteiger partial charge in [-0.15, -0.1) is 11.3 Å². The molecule has 102 valence electrons. The average molecular weight is 360 g/mol. The zero-order valence-corrected chi connectivity index (χ0v) is 14.0. The molecule has 0 spiro atoms. The largest absolute Gasteiger partial charge is 0.278 e. The van der Waals surface area contributed by atoms with E-state index in [4.69, 9.17) is 0 Å². The van der Waals surface area contributed by atoms with Gasteiger partial charge in [-0.3, -0.25) is 4.72 Å². The summed E-state index contributed by atoms with van der Waals surface area (Å²) in [6.45, 7) is 5.80. The fourth-order valence-corrected chi connectivity index (χ4v) is 5.54. The topological polar surface area (TPSA) is 46.2 Å². The Hall–Kier alpha value is -0.850. The Kier molecular flexibility index (Phi) is 4.03. The van der Waals surface area contributed by atoms with Crippen LogP contribution in [0.4, 0.5) is 5.69 Å². The van der Waals surface area contributed by atoms with E-state index in [-0.39, 0.29) is 0 Å². The maximum Gasteiger partial charge on any atom is 0.272 e. The van der Waals surface area contributed by atoms with Gasteiger partial charge in [0, 0.05) is 4.47 Å². The molecular weight excluding hydrogens is 346 g/mol. The normalized spacial score (nSPS) is 11.6.